The molecule has 162 valence electrons. The van der Waals surface area contributed by atoms with Crippen LogP contribution >= 0.6 is 0 Å². The van der Waals surface area contributed by atoms with E-state index in [1.807, 2.05) is 39.8 Å². The summed E-state index contributed by atoms with van der Waals surface area (Å²) in [4.78, 5) is 0. The lowest BCUT2D eigenvalue weighted by atomic mass is 10.0. The standard InChI is InChI=1S/C24H41FO3/c1-6-7-8-9-10-11-12-13-23(18-21-14-16-22(25)17-15-21)28-24(26-19(2)3)27-20(4)5/h14-17,19-20,23-24H,6-13,18H2,1-5H3. The topological polar surface area (TPSA) is 27.7 Å². The molecule has 1 aromatic carbocycles. The van der Waals surface area contributed by atoms with Crippen molar-refractivity contribution in [1.82, 2.24) is 0 Å². The minimum absolute atomic E-state index is 0.0106. The van der Waals surface area contributed by atoms with E-state index in [4.69, 9.17) is 14.2 Å². The number of ether oxygens (including phenoxy) is 3. The van der Waals surface area contributed by atoms with E-state index >= 15 is 0 Å². The summed E-state index contributed by atoms with van der Waals surface area (Å²) >= 11 is 0. The molecule has 4 heteroatoms. The second-order valence-electron chi connectivity index (χ2n) is 8.16. The van der Waals surface area contributed by atoms with Gasteiger partial charge in [-0.1, -0.05) is 64.0 Å². The van der Waals surface area contributed by atoms with Gasteiger partial charge < -0.3 is 14.2 Å². The molecule has 28 heavy (non-hydrogen) atoms. The minimum atomic E-state index is -0.671. The van der Waals surface area contributed by atoms with Gasteiger partial charge in [-0.2, -0.15) is 0 Å². The van der Waals surface area contributed by atoms with Gasteiger partial charge in [-0.15, -0.1) is 0 Å². The lowest BCUT2D eigenvalue weighted by Gasteiger charge is -2.28. The van der Waals surface area contributed by atoms with Gasteiger partial charge >= 0.3 is 0 Å². The number of rotatable bonds is 16. The Labute approximate surface area is 172 Å². The number of hydrogen-bond donors (Lipinski definition) is 0. The van der Waals surface area contributed by atoms with Gasteiger partial charge in [0.1, 0.15) is 5.82 Å². The van der Waals surface area contributed by atoms with Crippen LogP contribution in [0.15, 0.2) is 24.3 Å². The molecule has 1 atom stereocenters. The molecule has 1 rings (SSSR count). The van der Waals surface area contributed by atoms with E-state index in [1.54, 1.807) is 0 Å². The molecule has 3 nitrogen and oxygen atoms in total. The van der Waals surface area contributed by atoms with Gasteiger partial charge in [0.2, 0.25) is 0 Å². The monoisotopic (exact) mass is 396 g/mol. The van der Waals surface area contributed by atoms with Crippen LogP contribution in [-0.2, 0) is 20.6 Å². The molecule has 0 heterocycles. The molecule has 1 unspecified atom stereocenters. The third-order valence-corrected chi connectivity index (χ3v) is 4.58. The first-order valence-electron chi connectivity index (χ1n) is 11.1. The van der Waals surface area contributed by atoms with Crippen LogP contribution in [0.5, 0.6) is 0 Å². The van der Waals surface area contributed by atoms with Gasteiger partial charge in [0.25, 0.3) is 6.48 Å². The summed E-state index contributed by atoms with van der Waals surface area (Å²) in [6.45, 7) is 9.48. The van der Waals surface area contributed by atoms with Crippen molar-refractivity contribution in [3.63, 3.8) is 0 Å². The summed E-state index contributed by atoms with van der Waals surface area (Å²) in [5.74, 6) is -0.211. The highest BCUT2D eigenvalue weighted by Gasteiger charge is 2.20. The Morgan fingerprint density at radius 2 is 1.29 bits per heavy atom. The summed E-state index contributed by atoms with van der Waals surface area (Å²) in [6, 6.07) is 6.68. The number of benzene rings is 1. The summed E-state index contributed by atoms with van der Waals surface area (Å²) in [6.07, 6.45) is 10.6. The van der Waals surface area contributed by atoms with Crippen molar-refractivity contribution in [2.45, 2.75) is 117 Å². The van der Waals surface area contributed by atoms with Crippen LogP contribution in [-0.4, -0.2) is 24.8 Å². The summed E-state index contributed by atoms with van der Waals surface area (Å²) in [7, 11) is 0. The van der Waals surface area contributed by atoms with E-state index in [1.165, 1.54) is 50.7 Å². The van der Waals surface area contributed by atoms with Crippen molar-refractivity contribution in [2.75, 3.05) is 0 Å². The fourth-order valence-corrected chi connectivity index (χ4v) is 3.13. The quantitative estimate of drug-likeness (QED) is 0.222. The Balaban J connectivity index is 2.60. The van der Waals surface area contributed by atoms with E-state index in [9.17, 15) is 4.39 Å². The van der Waals surface area contributed by atoms with Crippen molar-refractivity contribution >= 4 is 0 Å². The molecule has 0 fully saturated rings. The average Bonchev–Trinajstić information content (AvgIpc) is 2.61. The second-order valence-corrected chi connectivity index (χ2v) is 8.16. The molecule has 0 bridgehead atoms. The molecule has 1 aromatic rings. The van der Waals surface area contributed by atoms with Gasteiger partial charge in [0, 0.05) is 0 Å². The van der Waals surface area contributed by atoms with Gasteiger partial charge in [-0.25, -0.2) is 4.39 Å². The van der Waals surface area contributed by atoms with Crippen molar-refractivity contribution in [3.05, 3.63) is 35.6 Å². The first kappa shape index (κ1) is 25.1. The predicted octanol–water partition coefficient (Wildman–Crippen LogP) is 7.03. The Kier molecular flexibility index (Phi) is 13.4. The highest BCUT2D eigenvalue weighted by Crippen LogP contribution is 2.19. The number of halogens is 1. The lowest BCUT2D eigenvalue weighted by molar-refractivity contribution is -0.326. The molecular weight excluding hydrogens is 355 g/mol. The van der Waals surface area contributed by atoms with Gasteiger partial charge in [-0.05, 0) is 58.2 Å². The number of hydrogen-bond acceptors (Lipinski definition) is 3. The highest BCUT2D eigenvalue weighted by molar-refractivity contribution is 5.16. The van der Waals surface area contributed by atoms with E-state index < -0.39 is 6.48 Å². The molecule has 0 aliphatic rings. The summed E-state index contributed by atoms with van der Waals surface area (Å²) in [5.41, 5.74) is 1.07. The van der Waals surface area contributed by atoms with E-state index in [-0.39, 0.29) is 24.1 Å². The molecular formula is C24H41FO3. The first-order chi connectivity index (χ1) is 13.4. The predicted molar refractivity (Wildman–Crippen MR) is 114 cm³/mol. The van der Waals surface area contributed by atoms with Gasteiger partial charge in [0.15, 0.2) is 0 Å². The van der Waals surface area contributed by atoms with E-state index in [0.717, 1.165) is 24.8 Å². The minimum Gasteiger partial charge on any atom is -0.327 e. The maximum atomic E-state index is 13.2. The average molecular weight is 397 g/mol. The van der Waals surface area contributed by atoms with Crippen molar-refractivity contribution in [1.29, 1.82) is 0 Å². The fourth-order valence-electron chi connectivity index (χ4n) is 3.13. The van der Waals surface area contributed by atoms with Gasteiger partial charge in [0.05, 0.1) is 18.3 Å². The highest BCUT2D eigenvalue weighted by atomic mass is 19.1. The van der Waals surface area contributed by atoms with Crippen LogP contribution in [0.3, 0.4) is 0 Å². The zero-order chi connectivity index (χ0) is 20.8. The van der Waals surface area contributed by atoms with Crippen LogP contribution in [0.1, 0.15) is 91.5 Å². The SMILES string of the molecule is CCCCCCCCCC(Cc1ccc(F)cc1)OC(OC(C)C)OC(C)C. The molecule has 0 saturated heterocycles. The molecule has 0 aliphatic heterocycles. The van der Waals surface area contributed by atoms with Crippen LogP contribution < -0.4 is 0 Å². The van der Waals surface area contributed by atoms with Gasteiger partial charge in [-0.3, -0.25) is 0 Å². The van der Waals surface area contributed by atoms with Crippen LogP contribution in [0.2, 0.25) is 0 Å². The molecule has 0 aliphatic carbocycles. The van der Waals surface area contributed by atoms with Crippen molar-refractivity contribution in [3.8, 4) is 0 Å². The smallest absolute Gasteiger partial charge is 0.272 e. The third-order valence-electron chi connectivity index (χ3n) is 4.58. The molecule has 0 radical (unpaired) electrons. The Hall–Kier alpha value is -0.970. The largest absolute Gasteiger partial charge is 0.327 e. The maximum absolute atomic E-state index is 13.2. The van der Waals surface area contributed by atoms with Crippen LogP contribution in [0.25, 0.3) is 0 Å². The zero-order valence-electron chi connectivity index (χ0n) is 18.6. The molecule has 0 spiro atoms. The third kappa shape index (κ3) is 12.5. The first-order valence-corrected chi connectivity index (χ1v) is 11.1. The van der Waals surface area contributed by atoms with Crippen molar-refractivity contribution < 1.29 is 18.6 Å². The molecule has 0 N–H and O–H groups in total. The fraction of sp³-hybridized carbons (Fsp3) is 0.750. The number of unbranched alkanes of at least 4 members (excludes halogenated alkanes) is 6. The van der Waals surface area contributed by atoms with E-state index in [2.05, 4.69) is 6.92 Å². The Morgan fingerprint density at radius 1 is 0.750 bits per heavy atom. The van der Waals surface area contributed by atoms with Crippen molar-refractivity contribution in [2.24, 2.45) is 0 Å². The maximum Gasteiger partial charge on any atom is 0.272 e. The molecule has 0 aromatic heterocycles. The van der Waals surface area contributed by atoms with E-state index in [0.29, 0.717) is 0 Å². The second kappa shape index (κ2) is 14.9. The Bertz CT molecular complexity index is 477. The summed E-state index contributed by atoms with van der Waals surface area (Å²) < 4.78 is 31.1. The molecule has 0 saturated carbocycles. The molecule has 0 amide bonds. The Morgan fingerprint density at radius 3 is 1.82 bits per heavy atom. The van der Waals surface area contributed by atoms with Crippen LogP contribution in [0.4, 0.5) is 4.39 Å². The zero-order valence-corrected chi connectivity index (χ0v) is 18.6. The lowest BCUT2D eigenvalue weighted by Crippen LogP contribution is -2.32. The summed E-state index contributed by atoms with van der Waals surface area (Å²) in [5, 5.41) is 0. The van der Waals surface area contributed by atoms with Crippen LogP contribution in [0, 0.1) is 5.82 Å². The normalized spacial score (nSPS) is 13.0.